The van der Waals surface area contributed by atoms with Crippen LogP contribution in [0.3, 0.4) is 0 Å². The van der Waals surface area contributed by atoms with Gasteiger partial charge in [-0.1, -0.05) is 12.1 Å². The third-order valence-electron chi connectivity index (χ3n) is 1.75. The van der Waals surface area contributed by atoms with Crippen molar-refractivity contribution >= 4 is 5.91 Å². The van der Waals surface area contributed by atoms with Crippen molar-refractivity contribution in [1.82, 2.24) is 0 Å². The van der Waals surface area contributed by atoms with Crippen LogP contribution in [0.25, 0.3) is 0 Å². The van der Waals surface area contributed by atoms with E-state index >= 15 is 0 Å². The zero-order valence-corrected chi connectivity index (χ0v) is 7.44. The molecule has 0 spiro atoms. The fourth-order valence-electron chi connectivity index (χ4n) is 1.12. The summed E-state index contributed by atoms with van der Waals surface area (Å²) in [7, 11) is 0. The van der Waals surface area contributed by atoms with Crippen molar-refractivity contribution in [3.8, 4) is 0 Å². The Morgan fingerprint density at radius 2 is 1.93 bits per heavy atom. The van der Waals surface area contributed by atoms with E-state index in [9.17, 15) is 22.4 Å². The summed E-state index contributed by atoms with van der Waals surface area (Å²) in [6.07, 6.45) is -5.31. The van der Waals surface area contributed by atoms with Gasteiger partial charge in [0.05, 0.1) is 12.0 Å². The molecule has 0 unspecified atom stereocenters. The molecule has 0 fully saturated rings. The van der Waals surface area contributed by atoms with Gasteiger partial charge in [0.2, 0.25) is 5.91 Å². The Bertz CT molecular complexity index is 386. The van der Waals surface area contributed by atoms with E-state index in [0.29, 0.717) is 6.07 Å². The zero-order chi connectivity index (χ0) is 11.6. The van der Waals surface area contributed by atoms with E-state index in [1.54, 1.807) is 0 Å². The van der Waals surface area contributed by atoms with Crippen molar-refractivity contribution in [3.05, 3.63) is 35.1 Å². The average Bonchev–Trinajstić information content (AvgIpc) is 2.05. The molecule has 1 rings (SSSR count). The fraction of sp³-hybridized carbons (Fsp3) is 0.222. The number of halogens is 4. The van der Waals surface area contributed by atoms with Gasteiger partial charge in [0.25, 0.3) is 0 Å². The summed E-state index contributed by atoms with van der Waals surface area (Å²) in [6, 6.07) is 2.74. The highest BCUT2D eigenvalue weighted by atomic mass is 19.4. The normalized spacial score (nSPS) is 11.5. The number of amides is 1. The second-order valence-corrected chi connectivity index (χ2v) is 2.92. The van der Waals surface area contributed by atoms with Gasteiger partial charge in [0, 0.05) is 0 Å². The van der Waals surface area contributed by atoms with Gasteiger partial charge < -0.3 is 5.73 Å². The molecule has 2 N–H and O–H groups in total. The Hall–Kier alpha value is -1.59. The molecule has 0 saturated carbocycles. The first-order chi connectivity index (χ1) is 6.82. The molecule has 82 valence electrons. The number of alkyl halides is 3. The Labute approximate surface area is 82.7 Å². The van der Waals surface area contributed by atoms with Crippen LogP contribution in [0.2, 0.25) is 0 Å². The van der Waals surface area contributed by atoms with Gasteiger partial charge in [-0.2, -0.15) is 13.2 Å². The molecule has 2 nitrogen and oxygen atoms in total. The summed E-state index contributed by atoms with van der Waals surface area (Å²) in [4.78, 5) is 10.5. The summed E-state index contributed by atoms with van der Waals surface area (Å²) in [5.41, 5.74) is 3.03. The number of benzene rings is 1. The lowest BCUT2D eigenvalue weighted by Gasteiger charge is -2.09. The van der Waals surface area contributed by atoms with Gasteiger partial charge >= 0.3 is 6.18 Å². The molecule has 0 heterocycles. The van der Waals surface area contributed by atoms with Gasteiger partial charge in [-0.25, -0.2) is 4.39 Å². The summed E-state index contributed by atoms with van der Waals surface area (Å²) in [6.45, 7) is 0. The molecule has 0 bridgehead atoms. The minimum absolute atomic E-state index is 0.350. The maximum Gasteiger partial charge on any atom is 0.419 e. The molecule has 6 heteroatoms. The van der Waals surface area contributed by atoms with E-state index in [-0.39, 0.29) is 5.56 Å². The molecular formula is C9H7F4NO. The van der Waals surface area contributed by atoms with Crippen LogP contribution in [0, 0.1) is 5.82 Å². The van der Waals surface area contributed by atoms with Crippen LogP contribution in [0.4, 0.5) is 17.6 Å². The lowest BCUT2D eigenvalue weighted by atomic mass is 10.1. The number of hydrogen-bond donors (Lipinski definition) is 1. The highest BCUT2D eigenvalue weighted by Gasteiger charge is 2.34. The van der Waals surface area contributed by atoms with E-state index in [2.05, 4.69) is 0 Å². The van der Waals surface area contributed by atoms with Crippen LogP contribution in [0.5, 0.6) is 0 Å². The number of carbonyl (C=O) groups excluding carboxylic acids is 1. The van der Waals surface area contributed by atoms with Gasteiger partial charge in [0.1, 0.15) is 5.82 Å². The van der Waals surface area contributed by atoms with Crippen LogP contribution < -0.4 is 5.73 Å². The molecule has 0 atom stereocenters. The first kappa shape index (κ1) is 11.5. The molecule has 0 aliphatic heterocycles. The number of nitrogens with two attached hydrogens (primary N) is 1. The van der Waals surface area contributed by atoms with Crippen LogP contribution in [-0.4, -0.2) is 5.91 Å². The molecule has 1 amide bonds. The van der Waals surface area contributed by atoms with E-state index < -0.39 is 29.9 Å². The van der Waals surface area contributed by atoms with Crippen molar-refractivity contribution < 1.29 is 22.4 Å². The van der Waals surface area contributed by atoms with Crippen molar-refractivity contribution in [2.75, 3.05) is 0 Å². The third-order valence-corrected chi connectivity index (χ3v) is 1.75. The topological polar surface area (TPSA) is 43.1 Å². The zero-order valence-electron chi connectivity index (χ0n) is 7.44. The lowest BCUT2D eigenvalue weighted by Crippen LogP contribution is -2.16. The fourth-order valence-corrected chi connectivity index (χ4v) is 1.12. The first-order valence-corrected chi connectivity index (χ1v) is 3.95. The second-order valence-electron chi connectivity index (χ2n) is 2.92. The maximum atomic E-state index is 13.2. The van der Waals surface area contributed by atoms with E-state index in [0.717, 1.165) is 12.1 Å². The summed E-state index contributed by atoms with van der Waals surface area (Å²) >= 11 is 0. The Morgan fingerprint density at radius 1 is 1.33 bits per heavy atom. The maximum absolute atomic E-state index is 13.2. The number of hydrogen-bond acceptors (Lipinski definition) is 1. The monoisotopic (exact) mass is 221 g/mol. The smallest absolute Gasteiger partial charge is 0.369 e. The minimum Gasteiger partial charge on any atom is -0.369 e. The largest absolute Gasteiger partial charge is 0.419 e. The number of primary amides is 1. The molecule has 1 aromatic carbocycles. The molecule has 0 radical (unpaired) electrons. The van der Waals surface area contributed by atoms with Crippen LogP contribution in [-0.2, 0) is 17.4 Å². The van der Waals surface area contributed by atoms with Crippen molar-refractivity contribution in [2.45, 2.75) is 12.6 Å². The molecule has 0 aliphatic rings. The van der Waals surface area contributed by atoms with Crippen molar-refractivity contribution in [3.63, 3.8) is 0 Å². The summed E-state index contributed by atoms with van der Waals surface area (Å²) < 4.78 is 49.8. The van der Waals surface area contributed by atoms with E-state index in [4.69, 9.17) is 5.73 Å². The Kier molecular flexibility index (Phi) is 2.97. The quantitative estimate of drug-likeness (QED) is 0.761. The second kappa shape index (κ2) is 3.88. The van der Waals surface area contributed by atoms with Crippen LogP contribution >= 0.6 is 0 Å². The highest BCUT2D eigenvalue weighted by molar-refractivity contribution is 5.76. The third kappa shape index (κ3) is 2.68. The van der Waals surface area contributed by atoms with Gasteiger partial charge in [-0.3, -0.25) is 4.79 Å². The van der Waals surface area contributed by atoms with Crippen LogP contribution in [0.1, 0.15) is 11.1 Å². The summed E-state index contributed by atoms with van der Waals surface area (Å²) in [5, 5.41) is 0. The predicted molar refractivity (Wildman–Crippen MR) is 44.3 cm³/mol. The Morgan fingerprint density at radius 3 is 2.40 bits per heavy atom. The highest BCUT2D eigenvalue weighted by Crippen LogP contribution is 2.32. The standard InChI is InChI=1S/C9H7F4NO/c10-8-5(4-7(14)15)2-1-3-6(8)9(11,12)13/h1-3H,4H2,(H2,14,15). The van der Waals surface area contributed by atoms with Crippen molar-refractivity contribution in [1.29, 1.82) is 0 Å². The molecule has 15 heavy (non-hydrogen) atoms. The van der Waals surface area contributed by atoms with Crippen molar-refractivity contribution in [2.24, 2.45) is 5.73 Å². The van der Waals surface area contributed by atoms with E-state index in [1.807, 2.05) is 0 Å². The van der Waals surface area contributed by atoms with Crippen LogP contribution in [0.15, 0.2) is 18.2 Å². The van der Waals surface area contributed by atoms with Gasteiger partial charge in [-0.15, -0.1) is 0 Å². The molecular weight excluding hydrogens is 214 g/mol. The van der Waals surface area contributed by atoms with E-state index in [1.165, 1.54) is 0 Å². The minimum atomic E-state index is -4.77. The summed E-state index contributed by atoms with van der Waals surface area (Å²) in [5.74, 6) is -2.32. The molecule has 1 aromatic rings. The number of rotatable bonds is 2. The average molecular weight is 221 g/mol. The molecule has 0 saturated heterocycles. The van der Waals surface area contributed by atoms with Gasteiger partial charge in [0.15, 0.2) is 0 Å². The Balaban J connectivity index is 3.17. The predicted octanol–water partition coefficient (Wildman–Crippen LogP) is 1.87. The van der Waals surface area contributed by atoms with Gasteiger partial charge in [-0.05, 0) is 11.6 Å². The SMILES string of the molecule is NC(=O)Cc1cccc(C(F)(F)F)c1F. The first-order valence-electron chi connectivity index (χ1n) is 3.95. The molecule has 0 aromatic heterocycles. The lowest BCUT2D eigenvalue weighted by molar-refractivity contribution is -0.140. The molecule has 0 aliphatic carbocycles. The number of carbonyl (C=O) groups is 1.